The van der Waals surface area contributed by atoms with Gasteiger partial charge in [-0.15, -0.1) is 0 Å². The Morgan fingerprint density at radius 3 is 1.35 bits per heavy atom. The lowest BCUT2D eigenvalue weighted by molar-refractivity contribution is 0.476. The van der Waals surface area contributed by atoms with Crippen LogP contribution in [0.3, 0.4) is 0 Å². The van der Waals surface area contributed by atoms with Crippen LogP contribution in [0.4, 0.5) is 0 Å². The molecule has 2 atom stereocenters. The van der Waals surface area contributed by atoms with Gasteiger partial charge in [0.25, 0.3) is 20.2 Å². The molecule has 0 aliphatic heterocycles. The summed E-state index contributed by atoms with van der Waals surface area (Å²) in [5.41, 5.74) is 11.3. The number of rotatable bonds is 11. The summed E-state index contributed by atoms with van der Waals surface area (Å²) in [5, 5.41) is 0. The first-order chi connectivity index (χ1) is 8.99. The molecule has 0 amide bonds. The van der Waals surface area contributed by atoms with Crippen LogP contribution in [-0.2, 0) is 20.2 Å². The van der Waals surface area contributed by atoms with Crippen LogP contribution in [0.1, 0.15) is 12.8 Å². The Labute approximate surface area is 127 Å². The minimum Gasteiger partial charge on any atom is -0.327 e. The van der Waals surface area contributed by atoms with E-state index in [1.165, 1.54) is 21.6 Å². The molecule has 0 aromatic carbocycles. The molecule has 0 bridgehead atoms. The first-order valence-corrected chi connectivity index (χ1v) is 11.4. The lowest BCUT2D eigenvalue weighted by atomic mass is 10.3. The highest BCUT2D eigenvalue weighted by molar-refractivity contribution is 8.76. The van der Waals surface area contributed by atoms with Crippen LogP contribution >= 0.6 is 21.6 Å². The minimum atomic E-state index is -3.98. The lowest BCUT2D eigenvalue weighted by Crippen LogP contribution is -2.27. The highest BCUT2D eigenvalue weighted by Gasteiger charge is 2.12. The Balaban J connectivity index is 3.65. The molecule has 0 aliphatic rings. The van der Waals surface area contributed by atoms with E-state index in [1.54, 1.807) is 0 Å². The summed E-state index contributed by atoms with van der Waals surface area (Å²) in [6.45, 7) is 0. The molecule has 0 heterocycles. The zero-order valence-electron chi connectivity index (χ0n) is 10.7. The third kappa shape index (κ3) is 14.8. The maximum atomic E-state index is 10.5. The molecule has 0 aromatic heterocycles. The van der Waals surface area contributed by atoms with Gasteiger partial charge in [-0.2, -0.15) is 16.8 Å². The Hall–Kier alpha value is 0.440. The van der Waals surface area contributed by atoms with E-state index in [0.29, 0.717) is 11.5 Å². The normalized spacial score (nSPS) is 16.0. The highest BCUT2D eigenvalue weighted by Crippen LogP contribution is 2.23. The summed E-state index contributed by atoms with van der Waals surface area (Å²) < 4.78 is 59.1. The SMILES string of the molecule is NC(CCS(=O)(=O)O)CSSCC(N)CCS(=O)(=O)O. The Morgan fingerprint density at radius 1 is 0.800 bits per heavy atom. The molecule has 0 spiro atoms. The molecular weight excluding hydrogens is 348 g/mol. The van der Waals surface area contributed by atoms with Crippen molar-refractivity contribution < 1.29 is 25.9 Å². The molecule has 12 heteroatoms. The first kappa shape index (κ1) is 20.4. The number of nitrogens with two attached hydrogens (primary N) is 2. The van der Waals surface area contributed by atoms with Gasteiger partial charge in [-0.05, 0) is 12.8 Å². The van der Waals surface area contributed by atoms with Crippen LogP contribution in [0.5, 0.6) is 0 Å². The van der Waals surface area contributed by atoms with Gasteiger partial charge in [0.2, 0.25) is 0 Å². The molecule has 122 valence electrons. The fraction of sp³-hybridized carbons (Fsp3) is 1.00. The van der Waals surface area contributed by atoms with Gasteiger partial charge in [-0.25, -0.2) is 0 Å². The summed E-state index contributed by atoms with van der Waals surface area (Å²) in [4.78, 5) is 0. The minimum absolute atomic E-state index is 0.168. The van der Waals surface area contributed by atoms with Crippen molar-refractivity contribution in [2.24, 2.45) is 11.5 Å². The third-order valence-electron chi connectivity index (χ3n) is 2.14. The van der Waals surface area contributed by atoms with Gasteiger partial charge in [-0.1, -0.05) is 21.6 Å². The first-order valence-electron chi connectivity index (χ1n) is 5.65. The molecule has 0 fully saturated rings. The van der Waals surface area contributed by atoms with Crippen molar-refractivity contribution >= 4 is 41.8 Å². The molecule has 0 saturated heterocycles. The molecule has 8 nitrogen and oxygen atoms in total. The van der Waals surface area contributed by atoms with E-state index in [2.05, 4.69) is 0 Å². The Kier molecular flexibility index (Phi) is 9.66. The Bertz CT molecular complexity index is 421. The van der Waals surface area contributed by atoms with Crippen LogP contribution in [0.2, 0.25) is 0 Å². The fourth-order valence-corrected chi connectivity index (χ4v) is 4.74. The van der Waals surface area contributed by atoms with E-state index >= 15 is 0 Å². The predicted molar refractivity (Wildman–Crippen MR) is 82.9 cm³/mol. The van der Waals surface area contributed by atoms with E-state index in [1.807, 2.05) is 0 Å². The summed E-state index contributed by atoms with van der Waals surface area (Å²) in [6, 6.07) is -0.716. The van der Waals surface area contributed by atoms with Gasteiger partial charge >= 0.3 is 0 Å². The van der Waals surface area contributed by atoms with E-state index in [-0.39, 0.29) is 36.4 Å². The van der Waals surface area contributed by atoms with Crippen molar-refractivity contribution in [2.75, 3.05) is 23.0 Å². The predicted octanol–water partition coefficient (Wildman–Crippen LogP) is -0.422. The molecule has 0 aromatic rings. The van der Waals surface area contributed by atoms with E-state index in [9.17, 15) is 16.8 Å². The molecule has 2 unspecified atom stereocenters. The van der Waals surface area contributed by atoms with Crippen molar-refractivity contribution in [3.63, 3.8) is 0 Å². The monoisotopic (exact) mass is 368 g/mol. The third-order valence-corrected chi connectivity index (χ3v) is 6.26. The second kappa shape index (κ2) is 9.46. The zero-order chi connectivity index (χ0) is 15.8. The van der Waals surface area contributed by atoms with Gasteiger partial charge in [0.05, 0.1) is 11.5 Å². The van der Waals surface area contributed by atoms with Crippen LogP contribution in [-0.4, -0.2) is 61.0 Å². The van der Waals surface area contributed by atoms with Gasteiger partial charge in [0.15, 0.2) is 0 Å². The topological polar surface area (TPSA) is 161 Å². The highest BCUT2D eigenvalue weighted by atomic mass is 33.1. The van der Waals surface area contributed by atoms with Crippen LogP contribution in [0, 0.1) is 0 Å². The summed E-state index contributed by atoms with van der Waals surface area (Å²) >= 11 is 0. The summed E-state index contributed by atoms with van der Waals surface area (Å²) in [5.74, 6) is 0.247. The largest absolute Gasteiger partial charge is 0.327 e. The van der Waals surface area contributed by atoms with Gasteiger partial charge in [0, 0.05) is 23.6 Å². The van der Waals surface area contributed by atoms with E-state index in [4.69, 9.17) is 20.6 Å². The maximum absolute atomic E-state index is 10.5. The summed E-state index contributed by atoms with van der Waals surface area (Å²) in [6.07, 6.45) is 0.336. The average molecular weight is 369 g/mol. The number of hydrogen-bond donors (Lipinski definition) is 4. The fourth-order valence-electron chi connectivity index (χ4n) is 1.04. The van der Waals surface area contributed by atoms with Gasteiger partial charge in [-0.3, -0.25) is 9.11 Å². The summed E-state index contributed by atoms with van der Waals surface area (Å²) in [7, 11) is -5.17. The van der Waals surface area contributed by atoms with Crippen molar-refractivity contribution in [3.8, 4) is 0 Å². The molecule has 0 aliphatic carbocycles. The lowest BCUT2D eigenvalue weighted by Gasteiger charge is -2.12. The van der Waals surface area contributed by atoms with Crippen molar-refractivity contribution in [3.05, 3.63) is 0 Å². The van der Waals surface area contributed by atoms with Gasteiger partial charge < -0.3 is 11.5 Å². The van der Waals surface area contributed by atoms with E-state index < -0.39 is 20.2 Å². The smallest absolute Gasteiger partial charge is 0.264 e. The second-order valence-corrected chi connectivity index (χ2v) is 9.94. The molecule has 0 rings (SSSR count). The zero-order valence-corrected chi connectivity index (χ0v) is 14.0. The molecule has 0 saturated carbocycles. The number of hydrogen-bond acceptors (Lipinski definition) is 8. The second-order valence-electron chi connectivity index (χ2n) is 4.24. The molecule has 0 radical (unpaired) electrons. The van der Waals surface area contributed by atoms with Crippen molar-refractivity contribution in [1.82, 2.24) is 0 Å². The quantitative estimate of drug-likeness (QED) is 0.214. The standard InChI is InChI=1S/C8H20N2O6S4/c9-7(1-3-19(11,12)13)5-17-18-6-8(10)2-4-20(14,15)16/h7-8H,1-6,9-10H2,(H,11,12,13)(H,14,15,16). The van der Waals surface area contributed by atoms with Crippen molar-refractivity contribution in [1.29, 1.82) is 0 Å². The molecule has 20 heavy (non-hydrogen) atoms. The Morgan fingerprint density at radius 2 is 1.10 bits per heavy atom. The van der Waals surface area contributed by atoms with Gasteiger partial charge in [0.1, 0.15) is 0 Å². The van der Waals surface area contributed by atoms with Crippen LogP contribution < -0.4 is 11.5 Å². The maximum Gasteiger partial charge on any atom is 0.264 e. The van der Waals surface area contributed by atoms with Crippen molar-refractivity contribution in [2.45, 2.75) is 24.9 Å². The van der Waals surface area contributed by atoms with Crippen LogP contribution in [0.15, 0.2) is 0 Å². The van der Waals surface area contributed by atoms with Crippen LogP contribution in [0.25, 0.3) is 0 Å². The molecular formula is C8H20N2O6S4. The molecule has 6 N–H and O–H groups in total. The van der Waals surface area contributed by atoms with E-state index in [0.717, 1.165) is 0 Å². The average Bonchev–Trinajstić information content (AvgIpc) is 2.27.